The second-order valence-corrected chi connectivity index (χ2v) is 7.13. The van der Waals surface area contributed by atoms with E-state index in [0.717, 1.165) is 21.3 Å². The van der Waals surface area contributed by atoms with Gasteiger partial charge in [0.05, 0.1) is 10.6 Å². The Morgan fingerprint density at radius 3 is 2.79 bits per heavy atom. The third kappa shape index (κ3) is 2.89. The molecule has 0 aliphatic carbocycles. The number of carbonyl (C=O) groups is 1. The second kappa shape index (κ2) is 6.07. The van der Waals surface area contributed by atoms with E-state index in [0.29, 0.717) is 10.0 Å². The number of nitrogens with zero attached hydrogens (tertiary/aromatic N) is 1. The van der Waals surface area contributed by atoms with Gasteiger partial charge in [-0.15, -0.1) is 22.7 Å². The SMILES string of the molecule is O=C(Nc1nc(-c2cccc(O)c2)cs1)c1cc2ccccc2s1. The van der Waals surface area contributed by atoms with Crippen LogP contribution >= 0.6 is 22.7 Å². The molecular weight excluding hydrogens is 340 g/mol. The lowest BCUT2D eigenvalue weighted by molar-refractivity contribution is 0.103. The molecule has 0 saturated carbocycles. The summed E-state index contributed by atoms with van der Waals surface area (Å²) in [5, 5.41) is 15.8. The Kier molecular flexibility index (Phi) is 3.76. The van der Waals surface area contributed by atoms with Crippen LogP contribution in [0.2, 0.25) is 0 Å². The molecule has 0 spiro atoms. The van der Waals surface area contributed by atoms with Crippen LogP contribution in [0, 0.1) is 0 Å². The Morgan fingerprint density at radius 1 is 1.08 bits per heavy atom. The summed E-state index contributed by atoms with van der Waals surface area (Å²) < 4.78 is 1.09. The quantitative estimate of drug-likeness (QED) is 0.546. The Hall–Kier alpha value is -2.70. The third-order valence-electron chi connectivity index (χ3n) is 3.52. The van der Waals surface area contributed by atoms with Gasteiger partial charge in [0, 0.05) is 15.6 Å². The van der Waals surface area contributed by atoms with Crippen LogP contribution in [-0.4, -0.2) is 16.0 Å². The van der Waals surface area contributed by atoms with Gasteiger partial charge in [-0.05, 0) is 29.7 Å². The molecule has 4 nitrogen and oxygen atoms in total. The molecule has 0 aliphatic rings. The summed E-state index contributed by atoms with van der Waals surface area (Å²) in [6.45, 7) is 0. The fraction of sp³-hybridized carbons (Fsp3) is 0. The van der Waals surface area contributed by atoms with Crippen molar-refractivity contribution in [1.82, 2.24) is 4.98 Å². The highest BCUT2D eigenvalue weighted by Crippen LogP contribution is 2.29. The Labute approximate surface area is 146 Å². The molecule has 0 atom stereocenters. The van der Waals surface area contributed by atoms with E-state index in [-0.39, 0.29) is 11.7 Å². The van der Waals surface area contributed by atoms with Crippen LogP contribution in [0.1, 0.15) is 9.67 Å². The van der Waals surface area contributed by atoms with Gasteiger partial charge in [0.2, 0.25) is 0 Å². The Morgan fingerprint density at radius 2 is 1.96 bits per heavy atom. The minimum absolute atomic E-state index is 0.159. The van der Waals surface area contributed by atoms with Gasteiger partial charge in [-0.3, -0.25) is 10.1 Å². The standard InChI is InChI=1S/C18H12N2O2S2/c21-13-6-3-5-11(8-13)14-10-23-18(19-14)20-17(22)16-9-12-4-1-2-7-15(12)24-16/h1-10,21H,(H,19,20,22). The Balaban J connectivity index is 1.56. The van der Waals surface area contributed by atoms with Crippen molar-refractivity contribution >= 4 is 43.8 Å². The number of phenolic OH excluding ortho intramolecular Hbond substituents is 1. The molecule has 2 aromatic heterocycles. The molecule has 2 N–H and O–H groups in total. The van der Waals surface area contributed by atoms with Crippen LogP contribution in [0.4, 0.5) is 5.13 Å². The van der Waals surface area contributed by atoms with E-state index in [1.807, 2.05) is 41.8 Å². The zero-order chi connectivity index (χ0) is 16.5. The van der Waals surface area contributed by atoms with E-state index in [1.165, 1.54) is 22.7 Å². The number of hydrogen-bond donors (Lipinski definition) is 2. The highest BCUT2D eigenvalue weighted by molar-refractivity contribution is 7.21. The number of anilines is 1. The first-order chi connectivity index (χ1) is 11.7. The molecule has 1 amide bonds. The average Bonchev–Trinajstić information content (AvgIpc) is 3.21. The number of fused-ring (bicyclic) bond motifs is 1. The molecule has 0 bridgehead atoms. The van der Waals surface area contributed by atoms with Gasteiger partial charge in [0.15, 0.2) is 5.13 Å². The third-order valence-corrected chi connectivity index (χ3v) is 5.39. The number of benzene rings is 2. The van der Waals surface area contributed by atoms with Crippen molar-refractivity contribution in [3.05, 3.63) is 64.9 Å². The monoisotopic (exact) mass is 352 g/mol. The lowest BCUT2D eigenvalue weighted by Gasteiger charge is -1.99. The van der Waals surface area contributed by atoms with Crippen molar-refractivity contribution in [3.63, 3.8) is 0 Å². The maximum Gasteiger partial charge on any atom is 0.267 e. The summed E-state index contributed by atoms with van der Waals surface area (Å²) in [6.07, 6.45) is 0. The average molecular weight is 352 g/mol. The van der Waals surface area contributed by atoms with Gasteiger partial charge in [0.25, 0.3) is 5.91 Å². The highest BCUT2D eigenvalue weighted by atomic mass is 32.1. The van der Waals surface area contributed by atoms with Crippen molar-refractivity contribution in [1.29, 1.82) is 0 Å². The first-order valence-corrected chi connectivity index (χ1v) is 8.93. The van der Waals surface area contributed by atoms with Crippen molar-refractivity contribution < 1.29 is 9.90 Å². The molecule has 2 heterocycles. The zero-order valence-electron chi connectivity index (χ0n) is 12.4. The summed E-state index contributed by atoms with van der Waals surface area (Å²) in [4.78, 5) is 17.5. The minimum atomic E-state index is -0.159. The number of thiazole rings is 1. The topological polar surface area (TPSA) is 62.2 Å². The molecule has 0 aliphatic heterocycles. The number of thiophene rings is 1. The van der Waals surface area contributed by atoms with Gasteiger partial charge in [-0.1, -0.05) is 30.3 Å². The summed E-state index contributed by atoms with van der Waals surface area (Å²) in [5.74, 6) is 0.0318. The summed E-state index contributed by atoms with van der Waals surface area (Å²) in [6, 6.07) is 16.7. The molecule has 6 heteroatoms. The maximum atomic E-state index is 12.4. The number of nitrogens with one attached hydrogen (secondary N) is 1. The minimum Gasteiger partial charge on any atom is -0.508 e. The first kappa shape index (κ1) is 14.9. The molecule has 0 radical (unpaired) electrons. The van der Waals surface area contributed by atoms with E-state index in [1.54, 1.807) is 18.2 Å². The van der Waals surface area contributed by atoms with E-state index >= 15 is 0 Å². The number of amides is 1. The van der Waals surface area contributed by atoms with Gasteiger partial charge >= 0.3 is 0 Å². The van der Waals surface area contributed by atoms with Crippen molar-refractivity contribution in [2.75, 3.05) is 5.32 Å². The van der Waals surface area contributed by atoms with E-state index in [9.17, 15) is 9.90 Å². The highest BCUT2D eigenvalue weighted by Gasteiger charge is 2.13. The summed E-state index contributed by atoms with van der Waals surface area (Å²) in [7, 11) is 0. The van der Waals surface area contributed by atoms with Gasteiger partial charge in [-0.2, -0.15) is 0 Å². The number of hydrogen-bond acceptors (Lipinski definition) is 5. The van der Waals surface area contributed by atoms with Crippen LogP contribution in [0.15, 0.2) is 60.0 Å². The molecule has 4 rings (SSSR count). The van der Waals surface area contributed by atoms with Gasteiger partial charge < -0.3 is 5.11 Å². The number of rotatable bonds is 3. The summed E-state index contributed by atoms with van der Waals surface area (Å²) in [5.41, 5.74) is 1.54. The predicted molar refractivity (Wildman–Crippen MR) is 99.0 cm³/mol. The number of aromatic nitrogens is 1. The fourth-order valence-electron chi connectivity index (χ4n) is 2.38. The maximum absolute atomic E-state index is 12.4. The number of carbonyl (C=O) groups excluding carboxylic acids is 1. The number of aromatic hydroxyl groups is 1. The van der Waals surface area contributed by atoms with Crippen molar-refractivity contribution in [2.24, 2.45) is 0 Å². The molecule has 4 aromatic rings. The zero-order valence-corrected chi connectivity index (χ0v) is 14.0. The largest absolute Gasteiger partial charge is 0.508 e. The summed E-state index contributed by atoms with van der Waals surface area (Å²) >= 11 is 2.82. The molecular formula is C18H12N2O2S2. The first-order valence-electron chi connectivity index (χ1n) is 7.24. The molecule has 24 heavy (non-hydrogen) atoms. The van der Waals surface area contributed by atoms with Crippen LogP contribution in [0.25, 0.3) is 21.3 Å². The van der Waals surface area contributed by atoms with Gasteiger partial charge in [-0.25, -0.2) is 4.98 Å². The van der Waals surface area contributed by atoms with Crippen LogP contribution in [0.5, 0.6) is 5.75 Å². The smallest absolute Gasteiger partial charge is 0.267 e. The van der Waals surface area contributed by atoms with Crippen LogP contribution in [0.3, 0.4) is 0 Å². The number of phenols is 1. The van der Waals surface area contributed by atoms with Crippen LogP contribution < -0.4 is 5.32 Å². The van der Waals surface area contributed by atoms with Crippen molar-refractivity contribution in [3.8, 4) is 17.0 Å². The van der Waals surface area contributed by atoms with Gasteiger partial charge in [0.1, 0.15) is 5.75 Å². The lowest BCUT2D eigenvalue weighted by Crippen LogP contribution is -2.09. The van der Waals surface area contributed by atoms with E-state index in [4.69, 9.17) is 0 Å². The molecule has 2 aromatic carbocycles. The lowest BCUT2D eigenvalue weighted by atomic mass is 10.2. The molecule has 0 unspecified atom stereocenters. The van der Waals surface area contributed by atoms with Crippen LogP contribution in [-0.2, 0) is 0 Å². The molecule has 0 saturated heterocycles. The second-order valence-electron chi connectivity index (χ2n) is 5.19. The molecule has 118 valence electrons. The Bertz CT molecular complexity index is 1000. The fourth-order valence-corrected chi connectivity index (χ4v) is 4.05. The predicted octanol–water partition coefficient (Wildman–Crippen LogP) is 4.98. The normalized spacial score (nSPS) is 10.8. The van der Waals surface area contributed by atoms with E-state index in [2.05, 4.69) is 10.3 Å². The van der Waals surface area contributed by atoms with E-state index < -0.39 is 0 Å². The van der Waals surface area contributed by atoms with Crippen molar-refractivity contribution in [2.45, 2.75) is 0 Å². The molecule has 0 fully saturated rings.